The fourth-order valence-electron chi connectivity index (χ4n) is 2.42. The number of anilines is 1. The summed E-state index contributed by atoms with van der Waals surface area (Å²) in [6, 6.07) is 7.35. The highest BCUT2D eigenvalue weighted by atomic mass is 32.2. The van der Waals surface area contributed by atoms with E-state index in [1.54, 1.807) is 18.5 Å². The van der Waals surface area contributed by atoms with Crippen molar-refractivity contribution in [2.24, 2.45) is 18.9 Å². The summed E-state index contributed by atoms with van der Waals surface area (Å²) in [5.41, 5.74) is 0.661. The number of hydrogen-bond donors (Lipinski definition) is 2. The van der Waals surface area contributed by atoms with Crippen molar-refractivity contribution in [2.75, 3.05) is 5.32 Å². The highest BCUT2D eigenvalue weighted by Gasteiger charge is 2.41. The summed E-state index contributed by atoms with van der Waals surface area (Å²) in [7, 11) is 1.87. The van der Waals surface area contributed by atoms with Crippen LogP contribution in [0.4, 0.5) is 5.69 Å². The summed E-state index contributed by atoms with van der Waals surface area (Å²) in [4.78, 5) is 24.0. The van der Waals surface area contributed by atoms with E-state index in [4.69, 9.17) is 5.11 Å². The van der Waals surface area contributed by atoms with Gasteiger partial charge in [0.25, 0.3) is 0 Å². The highest BCUT2D eigenvalue weighted by molar-refractivity contribution is 7.99. The average molecular weight is 332 g/mol. The normalized spacial score (nSPS) is 19.9. The predicted octanol–water partition coefficient (Wildman–Crippen LogP) is 2.02. The number of carboxylic acids is 1. The molecule has 1 aromatic heterocycles. The molecule has 2 aromatic rings. The van der Waals surface area contributed by atoms with E-state index in [1.807, 2.05) is 23.7 Å². The Hall–Kier alpha value is -2.35. The van der Waals surface area contributed by atoms with Crippen molar-refractivity contribution in [2.45, 2.75) is 22.9 Å². The van der Waals surface area contributed by atoms with Crippen molar-refractivity contribution < 1.29 is 14.7 Å². The summed E-state index contributed by atoms with van der Waals surface area (Å²) in [5, 5.41) is 20.4. The van der Waals surface area contributed by atoms with Crippen LogP contribution in [0.2, 0.25) is 0 Å². The predicted molar refractivity (Wildman–Crippen MR) is 84.0 cm³/mol. The van der Waals surface area contributed by atoms with Crippen molar-refractivity contribution in [1.82, 2.24) is 14.8 Å². The SMILES string of the molecule is Cn1cnnc1Sc1ccc(NC(=O)C2CCC2C(=O)O)cc1. The number of aromatic nitrogens is 3. The fraction of sp³-hybridized carbons (Fsp3) is 0.333. The number of carbonyl (C=O) groups excluding carboxylic acids is 1. The molecule has 1 saturated carbocycles. The molecule has 7 nitrogen and oxygen atoms in total. The molecule has 2 atom stereocenters. The van der Waals surface area contributed by atoms with E-state index in [1.165, 1.54) is 11.8 Å². The number of aryl methyl sites for hydroxylation is 1. The third-order valence-corrected chi connectivity index (χ3v) is 4.99. The zero-order valence-corrected chi connectivity index (χ0v) is 13.3. The number of rotatable bonds is 5. The number of aliphatic carboxylic acids is 1. The number of carbonyl (C=O) groups is 2. The molecule has 8 heteroatoms. The summed E-state index contributed by atoms with van der Waals surface area (Å²) in [6.07, 6.45) is 2.83. The lowest BCUT2D eigenvalue weighted by Gasteiger charge is -2.31. The Labute approximate surface area is 137 Å². The first kappa shape index (κ1) is 15.5. The molecule has 0 saturated heterocycles. The molecule has 0 aliphatic heterocycles. The second kappa shape index (κ2) is 6.41. The lowest BCUT2D eigenvalue weighted by molar-refractivity contribution is -0.151. The number of nitrogens with zero attached hydrogens (tertiary/aromatic N) is 3. The summed E-state index contributed by atoms with van der Waals surface area (Å²) >= 11 is 1.47. The maximum Gasteiger partial charge on any atom is 0.307 e. The van der Waals surface area contributed by atoms with Gasteiger partial charge in [0.05, 0.1) is 11.8 Å². The molecule has 1 aliphatic rings. The van der Waals surface area contributed by atoms with Gasteiger partial charge in [-0.05, 0) is 48.9 Å². The number of benzene rings is 1. The van der Waals surface area contributed by atoms with Gasteiger partial charge in [0.1, 0.15) is 6.33 Å². The third kappa shape index (κ3) is 3.37. The average Bonchev–Trinajstić information content (AvgIpc) is 2.84. The van der Waals surface area contributed by atoms with Gasteiger partial charge in [0.15, 0.2) is 5.16 Å². The molecular weight excluding hydrogens is 316 g/mol. The summed E-state index contributed by atoms with van der Waals surface area (Å²) in [6.45, 7) is 0. The fourth-order valence-corrected chi connectivity index (χ4v) is 3.18. The highest BCUT2D eigenvalue weighted by Crippen LogP contribution is 2.35. The molecule has 120 valence electrons. The van der Waals surface area contributed by atoms with Crippen LogP contribution in [0.25, 0.3) is 0 Å². The molecule has 3 rings (SSSR count). The minimum absolute atomic E-state index is 0.225. The number of amides is 1. The van der Waals surface area contributed by atoms with Crippen LogP contribution in [0, 0.1) is 11.8 Å². The maximum absolute atomic E-state index is 12.1. The molecule has 1 amide bonds. The van der Waals surface area contributed by atoms with Gasteiger partial charge in [-0.1, -0.05) is 0 Å². The van der Waals surface area contributed by atoms with E-state index in [2.05, 4.69) is 15.5 Å². The Morgan fingerprint density at radius 1 is 1.26 bits per heavy atom. The molecule has 1 aromatic carbocycles. The van der Waals surface area contributed by atoms with Crippen LogP contribution in [-0.4, -0.2) is 31.7 Å². The quantitative estimate of drug-likeness (QED) is 0.869. The van der Waals surface area contributed by atoms with E-state index in [-0.39, 0.29) is 5.91 Å². The molecule has 1 aliphatic carbocycles. The van der Waals surface area contributed by atoms with Gasteiger partial charge in [-0.3, -0.25) is 9.59 Å². The van der Waals surface area contributed by atoms with Gasteiger partial charge >= 0.3 is 5.97 Å². The van der Waals surface area contributed by atoms with E-state index < -0.39 is 17.8 Å². The second-order valence-electron chi connectivity index (χ2n) is 5.47. The van der Waals surface area contributed by atoms with E-state index in [0.717, 1.165) is 10.1 Å². The number of nitrogens with one attached hydrogen (secondary N) is 1. The molecule has 0 bridgehead atoms. The van der Waals surface area contributed by atoms with Crippen molar-refractivity contribution in [1.29, 1.82) is 0 Å². The van der Waals surface area contributed by atoms with E-state index in [9.17, 15) is 9.59 Å². The minimum atomic E-state index is -0.896. The van der Waals surface area contributed by atoms with Gasteiger partial charge < -0.3 is 15.0 Å². The largest absolute Gasteiger partial charge is 0.481 e. The molecule has 2 unspecified atom stereocenters. The zero-order chi connectivity index (χ0) is 16.4. The van der Waals surface area contributed by atoms with Crippen LogP contribution in [0.3, 0.4) is 0 Å². The molecule has 2 N–H and O–H groups in total. The topological polar surface area (TPSA) is 97.1 Å². The number of hydrogen-bond acceptors (Lipinski definition) is 5. The van der Waals surface area contributed by atoms with Crippen molar-refractivity contribution in [3.63, 3.8) is 0 Å². The van der Waals surface area contributed by atoms with Crippen LogP contribution in [-0.2, 0) is 16.6 Å². The zero-order valence-electron chi connectivity index (χ0n) is 12.5. The van der Waals surface area contributed by atoms with E-state index in [0.29, 0.717) is 18.5 Å². The Bertz CT molecular complexity index is 729. The van der Waals surface area contributed by atoms with Crippen molar-refractivity contribution in [3.8, 4) is 0 Å². The molecule has 0 radical (unpaired) electrons. The molecule has 1 fully saturated rings. The van der Waals surface area contributed by atoms with Crippen LogP contribution in [0.1, 0.15) is 12.8 Å². The van der Waals surface area contributed by atoms with Crippen LogP contribution >= 0.6 is 11.8 Å². The third-order valence-electron chi connectivity index (χ3n) is 3.93. The molecule has 0 spiro atoms. The maximum atomic E-state index is 12.1. The standard InChI is InChI=1S/C15H16N4O3S/c1-19-8-16-18-15(19)23-10-4-2-9(3-5-10)17-13(20)11-6-7-12(11)14(21)22/h2-5,8,11-12H,6-7H2,1H3,(H,17,20)(H,21,22). The second-order valence-corrected chi connectivity index (χ2v) is 6.51. The van der Waals surface area contributed by atoms with Gasteiger partial charge in [0.2, 0.25) is 5.91 Å². The van der Waals surface area contributed by atoms with Crippen molar-refractivity contribution >= 4 is 29.3 Å². The van der Waals surface area contributed by atoms with Gasteiger partial charge in [-0.25, -0.2) is 0 Å². The Morgan fingerprint density at radius 3 is 2.48 bits per heavy atom. The van der Waals surface area contributed by atoms with Crippen LogP contribution in [0.5, 0.6) is 0 Å². The lowest BCUT2D eigenvalue weighted by Crippen LogP contribution is -2.41. The smallest absolute Gasteiger partial charge is 0.307 e. The van der Waals surface area contributed by atoms with Gasteiger partial charge in [0, 0.05) is 17.6 Å². The Balaban J connectivity index is 1.60. The molecular formula is C15H16N4O3S. The monoisotopic (exact) mass is 332 g/mol. The lowest BCUT2D eigenvalue weighted by atomic mass is 9.73. The van der Waals surface area contributed by atoms with Crippen molar-refractivity contribution in [3.05, 3.63) is 30.6 Å². The first-order chi connectivity index (χ1) is 11.0. The number of carboxylic acid groups (broad SMARTS) is 1. The first-order valence-electron chi connectivity index (χ1n) is 7.20. The van der Waals surface area contributed by atoms with Gasteiger partial charge in [-0.2, -0.15) is 0 Å². The van der Waals surface area contributed by atoms with Crippen LogP contribution < -0.4 is 5.32 Å². The summed E-state index contributed by atoms with van der Waals surface area (Å²) < 4.78 is 1.82. The Morgan fingerprint density at radius 2 is 1.96 bits per heavy atom. The summed E-state index contributed by atoms with van der Waals surface area (Å²) in [5.74, 6) is -2.11. The Kier molecular flexibility index (Phi) is 4.33. The first-order valence-corrected chi connectivity index (χ1v) is 8.02. The molecule has 1 heterocycles. The van der Waals surface area contributed by atoms with Gasteiger partial charge in [-0.15, -0.1) is 10.2 Å². The minimum Gasteiger partial charge on any atom is -0.481 e. The molecule has 23 heavy (non-hydrogen) atoms. The van der Waals surface area contributed by atoms with Crippen LogP contribution in [0.15, 0.2) is 40.6 Å². The van der Waals surface area contributed by atoms with E-state index >= 15 is 0 Å².